The van der Waals surface area contributed by atoms with Crippen LogP contribution >= 0.6 is 0 Å². The highest BCUT2D eigenvalue weighted by Gasteiger charge is 2.35. The maximum atomic E-state index is 15.1. The summed E-state index contributed by atoms with van der Waals surface area (Å²) in [7, 11) is -3.91. The van der Waals surface area contributed by atoms with Crippen LogP contribution in [0, 0.1) is 11.6 Å². The Kier molecular flexibility index (Phi) is 7.79. The lowest BCUT2D eigenvalue weighted by atomic mass is 10.2. The maximum Gasteiger partial charge on any atom is 0.414 e. The molecule has 0 aliphatic carbocycles. The van der Waals surface area contributed by atoms with E-state index in [1.165, 1.54) is 29.4 Å². The van der Waals surface area contributed by atoms with Crippen LogP contribution in [0.3, 0.4) is 0 Å². The van der Waals surface area contributed by atoms with Gasteiger partial charge in [-0.25, -0.2) is 27.4 Å². The van der Waals surface area contributed by atoms with E-state index < -0.39 is 58.4 Å². The molecule has 1 atom stereocenters. The number of sulfonamides is 1. The second kappa shape index (κ2) is 10.9. The van der Waals surface area contributed by atoms with Gasteiger partial charge in [-0.05, 0) is 12.1 Å². The smallest absolute Gasteiger partial charge is 0.414 e. The predicted molar refractivity (Wildman–Crippen MR) is 121 cm³/mol. The van der Waals surface area contributed by atoms with Crippen LogP contribution < -0.4 is 20.5 Å². The van der Waals surface area contributed by atoms with Gasteiger partial charge in [0.15, 0.2) is 11.6 Å². The zero-order chi connectivity index (χ0) is 26.7. The van der Waals surface area contributed by atoms with Gasteiger partial charge in [0.2, 0.25) is 0 Å². The summed E-state index contributed by atoms with van der Waals surface area (Å²) in [5, 5.41) is 1.92. The number of ether oxygens (including phenoxy) is 1. The van der Waals surface area contributed by atoms with E-state index in [1.807, 2.05) is 5.32 Å². The number of amides is 2. The number of carbonyl (C=O) groups is 2. The molecule has 3 heterocycles. The van der Waals surface area contributed by atoms with Crippen molar-refractivity contribution in [1.29, 1.82) is 0 Å². The number of carbonyl (C=O) groups excluding carboxylic acids is 2. The van der Waals surface area contributed by atoms with Gasteiger partial charge in [-0.3, -0.25) is 14.7 Å². The average Bonchev–Trinajstić information content (AvgIpc) is 3.06. The third-order valence-electron chi connectivity index (χ3n) is 5.69. The highest BCUT2D eigenvalue weighted by Crippen LogP contribution is 2.31. The van der Waals surface area contributed by atoms with Crippen molar-refractivity contribution in [3.63, 3.8) is 0 Å². The van der Waals surface area contributed by atoms with Crippen LogP contribution in [0.1, 0.15) is 0 Å². The van der Waals surface area contributed by atoms with E-state index in [0.29, 0.717) is 0 Å². The third-order valence-corrected chi connectivity index (χ3v) is 7.45. The minimum atomic E-state index is -3.91. The van der Waals surface area contributed by atoms with E-state index >= 15 is 8.78 Å². The Morgan fingerprint density at radius 3 is 2.49 bits per heavy atom. The molecule has 2 aromatic rings. The molecule has 16 heteroatoms. The summed E-state index contributed by atoms with van der Waals surface area (Å²) < 4.78 is 86.5. The molecule has 0 saturated carbocycles. The van der Waals surface area contributed by atoms with Gasteiger partial charge in [-0.2, -0.15) is 8.78 Å². The summed E-state index contributed by atoms with van der Waals surface area (Å²) in [5.74, 6) is -3.53. The first-order chi connectivity index (χ1) is 17.6. The lowest BCUT2D eigenvalue weighted by Gasteiger charge is -2.25. The van der Waals surface area contributed by atoms with Crippen molar-refractivity contribution >= 4 is 33.4 Å². The average molecular weight is 547 g/mol. The van der Waals surface area contributed by atoms with Gasteiger partial charge in [0.1, 0.15) is 11.8 Å². The van der Waals surface area contributed by atoms with Crippen molar-refractivity contribution in [2.75, 3.05) is 49.1 Å². The lowest BCUT2D eigenvalue weighted by molar-refractivity contribution is -0.132. The first kappa shape index (κ1) is 26.6. The maximum absolute atomic E-state index is 15.1. The molecule has 4 rings (SSSR count). The number of hydrogen-bond acceptors (Lipinski definition) is 8. The Labute approximate surface area is 209 Å². The zero-order valence-electron chi connectivity index (χ0n) is 19.1. The van der Waals surface area contributed by atoms with Crippen molar-refractivity contribution in [2.45, 2.75) is 17.4 Å². The summed E-state index contributed by atoms with van der Waals surface area (Å²) in [6.45, 7) is -0.634. The van der Waals surface area contributed by atoms with E-state index in [1.54, 1.807) is 0 Å². The van der Waals surface area contributed by atoms with Gasteiger partial charge < -0.3 is 15.0 Å². The molecule has 2 fully saturated rings. The molecule has 2 N–H and O–H groups in total. The number of benzene rings is 1. The van der Waals surface area contributed by atoms with Crippen LogP contribution in [0.25, 0.3) is 0 Å². The number of aromatic nitrogens is 1. The number of halogens is 4. The van der Waals surface area contributed by atoms with Gasteiger partial charge in [-0.15, -0.1) is 4.41 Å². The SMILES string of the molecule is O=C(NC[C@H]1CN(c2cc(F)c(N3CCNN(S(=O)(=O)c4ccncc4)CC3)c(F)c2)C(=O)O1)C(F)F. The van der Waals surface area contributed by atoms with Crippen LogP contribution in [0.2, 0.25) is 0 Å². The first-order valence-electron chi connectivity index (χ1n) is 11.0. The molecule has 0 unspecified atom stereocenters. The van der Waals surface area contributed by atoms with Crippen LogP contribution in [0.4, 0.5) is 33.7 Å². The van der Waals surface area contributed by atoms with Crippen LogP contribution in [0.15, 0.2) is 41.6 Å². The van der Waals surface area contributed by atoms with Gasteiger partial charge >= 0.3 is 12.5 Å². The molecule has 0 radical (unpaired) electrons. The molecule has 2 amide bonds. The van der Waals surface area contributed by atoms with Gasteiger partial charge in [0, 0.05) is 50.7 Å². The van der Waals surface area contributed by atoms with Crippen molar-refractivity contribution in [2.24, 2.45) is 0 Å². The molecular weight excluding hydrogens is 524 g/mol. The summed E-state index contributed by atoms with van der Waals surface area (Å²) in [4.78, 5) is 29.3. The summed E-state index contributed by atoms with van der Waals surface area (Å²) in [6, 6.07) is 4.50. The topological polar surface area (TPSA) is 124 Å². The summed E-state index contributed by atoms with van der Waals surface area (Å²) >= 11 is 0. The standard InChI is InChI=1S/C21H22F4N6O5S/c22-16-9-13(30-12-14(36-21(30)33)11-27-20(32)19(24)25)10-17(23)18(16)29-6-5-28-31(8-7-29)37(34,35)15-1-3-26-4-2-15/h1-4,9-10,14,19,28H,5-8,11-12H2,(H,27,32)/t14-/m0/s1. The normalized spacial score (nSPS) is 19.2. The molecule has 37 heavy (non-hydrogen) atoms. The van der Waals surface area contributed by atoms with Crippen molar-refractivity contribution < 1.29 is 40.3 Å². The molecule has 2 saturated heterocycles. The lowest BCUT2D eigenvalue weighted by Crippen LogP contribution is -2.43. The fourth-order valence-corrected chi connectivity index (χ4v) is 5.22. The highest BCUT2D eigenvalue weighted by molar-refractivity contribution is 7.89. The van der Waals surface area contributed by atoms with Gasteiger partial charge in [0.05, 0.1) is 23.7 Å². The molecule has 1 aromatic heterocycles. The Morgan fingerprint density at radius 1 is 1.16 bits per heavy atom. The number of alkyl halides is 2. The molecule has 11 nitrogen and oxygen atoms in total. The molecule has 200 valence electrons. The summed E-state index contributed by atoms with van der Waals surface area (Å²) in [5.41, 5.74) is 2.18. The first-order valence-corrected chi connectivity index (χ1v) is 12.5. The van der Waals surface area contributed by atoms with Crippen molar-refractivity contribution in [3.8, 4) is 0 Å². The van der Waals surface area contributed by atoms with Gasteiger partial charge in [0.25, 0.3) is 15.9 Å². The van der Waals surface area contributed by atoms with Crippen LogP contribution in [-0.4, -0.2) is 81.6 Å². The quantitative estimate of drug-likeness (QED) is 0.495. The molecule has 1 aromatic carbocycles. The monoisotopic (exact) mass is 546 g/mol. The van der Waals surface area contributed by atoms with Gasteiger partial charge in [-0.1, -0.05) is 0 Å². The third kappa shape index (κ3) is 5.75. The Bertz CT molecular complexity index is 1250. The van der Waals surface area contributed by atoms with Crippen molar-refractivity contribution in [3.05, 3.63) is 48.3 Å². The molecule has 2 aliphatic heterocycles. The van der Waals surface area contributed by atoms with E-state index in [9.17, 15) is 26.8 Å². The fraction of sp³-hybridized carbons (Fsp3) is 0.381. The number of pyridine rings is 1. The number of hydrazine groups is 1. The van der Waals surface area contributed by atoms with Crippen molar-refractivity contribution in [1.82, 2.24) is 20.1 Å². The molecule has 0 bridgehead atoms. The number of rotatable bonds is 7. The van der Waals surface area contributed by atoms with Crippen LogP contribution in [-0.2, 0) is 19.6 Å². The number of cyclic esters (lactones) is 1. The molecule has 0 spiro atoms. The molecule has 2 aliphatic rings. The largest absolute Gasteiger partial charge is 0.442 e. The van der Waals surface area contributed by atoms with Crippen LogP contribution in [0.5, 0.6) is 0 Å². The minimum Gasteiger partial charge on any atom is -0.442 e. The Hall–Kier alpha value is -3.50. The molecular formula is C21H22F4N6O5S. The highest BCUT2D eigenvalue weighted by atomic mass is 32.2. The second-order valence-corrected chi connectivity index (χ2v) is 9.94. The number of anilines is 2. The van der Waals surface area contributed by atoms with E-state index in [-0.39, 0.29) is 43.3 Å². The fourth-order valence-electron chi connectivity index (χ4n) is 3.92. The van der Waals surface area contributed by atoms with E-state index in [2.05, 4.69) is 10.4 Å². The summed E-state index contributed by atoms with van der Waals surface area (Å²) in [6.07, 6.45) is -2.52. The van der Waals surface area contributed by atoms with E-state index in [4.69, 9.17) is 4.74 Å². The second-order valence-electron chi connectivity index (χ2n) is 8.08. The number of nitrogens with zero attached hydrogens (tertiary/aromatic N) is 4. The number of hydrogen-bond donors (Lipinski definition) is 2. The van der Waals surface area contributed by atoms with E-state index in [0.717, 1.165) is 21.4 Å². The number of nitrogens with one attached hydrogen (secondary N) is 2. The predicted octanol–water partition coefficient (Wildman–Crippen LogP) is 1.08. The minimum absolute atomic E-state index is 0.00902. The Balaban J connectivity index is 1.45. The zero-order valence-corrected chi connectivity index (χ0v) is 19.9. The Morgan fingerprint density at radius 2 is 1.84 bits per heavy atom.